The Morgan fingerprint density at radius 1 is 1.05 bits per heavy atom. The summed E-state index contributed by atoms with van der Waals surface area (Å²) in [6.45, 7) is 0.953. The molecule has 4 rings (SSSR count). The fraction of sp³-hybridized carbons (Fsp3) is 0.529. The van der Waals surface area contributed by atoms with E-state index < -0.39 is 0 Å². The summed E-state index contributed by atoms with van der Waals surface area (Å²) in [5, 5.41) is 0.802. The maximum Gasteiger partial charge on any atom is 0.0944 e. The van der Waals surface area contributed by atoms with Crippen LogP contribution in [0.1, 0.15) is 25.7 Å². The van der Waals surface area contributed by atoms with Crippen molar-refractivity contribution in [2.45, 2.75) is 43.8 Å². The van der Waals surface area contributed by atoms with Crippen molar-refractivity contribution in [3.05, 3.63) is 41.7 Å². The van der Waals surface area contributed by atoms with Crippen LogP contribution in [0.25, 0.3) is 0 Å². The molecule has 4 heteroatoms. The van der Waals surface area contributed by atoms with E-state index in [2.05, 4.69) is 40.2 Å². The van der Waals surface area contributed by atoms with Gasteiger partial charge in [-0.15, -0.1) is 0 Å². The molecule has 0 aliphatic carbocycles. The van der Waals surface area contributed by atoms with Gasteiger partial charge in [0.2, 0.25) is 0 Å². The SMILES string of the molecule is CN1C2CCC1CC(N1C=CN(c3cccc(Cl)c3)C1)C2. The molecule has 112 valence electrons. The van der Waals surface area contributed by atoms with E-state index >= 15 is 0 Å². The van der Waals surface area contributed by atoms with E-state index in [0.29, 0.717) is 6.04 Å². The van der Waals surface area contributed by atoms with E-state index in [0.717, 1.165) is 23.8 Å². The third-order valence-corrected chi connectivity index (χ3v) is 5.67. The molecule has 2 fully saturated rings. The highest BCUT2D eigenvalue weighted by Crippen LogP contribution is 2.37. The van der Waals surface area contributed by atoms with Crippen LogP contribution in [-0.4, -0.2) is 41.6 Å². The highest BCUT2D eigenvalue weighted by atomic mass is 35.5. The standard InChI is InChI=1S/C17H22ClN3/c1-19-14-5-6-15(19)11-17(10-14)21-8-7-20(12-21)16-4-2-3-13(18)9-16/h2-4,7-9,14-15,17H,5-6,10-12H2,1H3. The van der Waals surface area contributed by atoms with Crippen LogP contribution in [0.15, 0.2) is 36.7 Å². The van der Waals surface area contributed by atoms with E-state index in [4.69, 9.17) is 11.6 Å². The van der Waals surface area contributed by atoms with Crippen molar-refractivity contribution in [3.8, 4) is 0 Å². The second-order valence-electron chi connectivity index (χ2n) is 6.58. The zero-order valence-electron chi connectivity index (χ0n) is 12.5. The first-order valence-electron chi connectivity index (χ1n) is 7.89. The summed E-state index contributed by atoms with van der Waals surface area (Å²) in [5.74, 6) is 0. The Labute approximate surface area is 131 Å². The first-order valence-corrected chi connectivity index (χ1v) is 8.27. The Balaban J connectivity index is 1.44. The van der Waals surface area contributed by atoms with E-state index in [1.807, 2.05) is 18.2 Å². The Hall–Kier alpha value is -1.19. The van der Waals surface area contributed by atoms with Gasteiger partial charge >= 0.3 is 0 Å². The fourth-order valence-corrected chi connectivity index (χ4v) is 4.33. The molecule has 0 amide bonds. The molecule has 3 heterocycles. The largest absolute Gasteiger partial charge is 0.355 e. The van der Waals surface area contributed by atoms with Crippen molar-refractivity contribution in [2.75, 3.05) is 18.6 Å². The highest BCUT2D eigenvalue weighted by molar-refractivity contribution is 6.30. The van der Waals surface area contributed by atoms with E-state index in [1.54, 1.807) is 0 Å². The summed E-state index contributed by atoms with van der Waals surface area (Å²) in [7, 11) is 2.30. The molecule has 1 aromatic rings. The lowest BCUT2D eigenvalue weighted by atomic mass is 9.97. The number of hydrogen-bond donors (Lipinski definition) is 0. The number of hydrogen-bond acceptors (Lipinski definition) is 3. The third-order valence-electron chi connectivity index (χ3n) is 5.44. The van der Waals surface area contributed by atoms with Crippen LogP contribution in [0.3, 0.4) is 0 Å². The minimum atomic E-state index is 0.694. The first-order chi connectivity index (χ1) is 10.2. The predicted octanol–water partition coefficient (Wildman–Crippen LogP) is 3.52. The van der Waals surface area contributed by atoms with Crippen LogP contribution in [0.5, 0.6) is 0 Å². The highest BCUT2D eigenvalue weighted by Gasteiger charge is 2.40. The minimum Gasteiger partial charge on any atom is -0.355 e. The quantitative estimate of drug-likeness (QED) is 0.828. The number of fused-ring (bicyclic) bond motifs is 2. The monoisotopic (exact) mass is 303 g/mol. The molecular formula is C17H22ClN3. The molecule has 2 unspecified atom stereocenters. The number of benzene rings is 1. The molecule has 0 saturated carbocycles. The number of rotatable bonds is 2. The average molecular weight is 304 g/mol. The predicted molar refractivity (Wildman–Crippen MR) is 87.4 cm³/mol. The Morgan fingerprint density at radius 2 is 1.81 bits per heavy atom. The van der Waals surface area contributed by atoms with Gasteiger partial charge < -0.3 is 14.7 Å². The van der Waals surface area contributed by atoms with Gasteiger partial charge in [-0.2, -0.15) is 0 Å². The van der Waals surface area contributed by atoms with Gasteiger partial charge in [0.25, 0.3) is 0 Å². The van der Waals surface area contributed by atoms with Crippen LogP contribution < -0.4 is 4.90 Å². The number of piperidine rings is 1. The average Bonchev–Trinajstić information content (AvgIpc) is 3.02. The second-order valence-corrected chi connectivity index (χ2v) is 7.02. The van der Waals surface area contributed by atoms with Crippen molar-refractivity contribution >= 4 is 17.3 Å². The van der Waals surface area contributed by atoms with Crippen molar-refractivity contribution in [1.82, 2.24) is 9.80 Å². The van der Waals surface area contributed by atoms with Gasteiger partial charge in [-0.1, -0.05) is 17.7 Å². The molecule has 3 nitrogen and oxygen atoms in total. The number of anilines is 1. The summed E-state index contributed by atoms with van der Waals surface area (Å²) in [4.78, 5) is 7.40. The summed E-state index contributed by atoms with van der Waals surface area (Å²) in [6, 6.07) is 10.4. The lowest BCUT2D eigenvalue weighted by molar-refractivity contribution is 0.106. The van der Waals surface area contributed by atoms with Crippen molar-refractivity contribution < 1.29 is 0 Å². The molecule has 0 N–H and O–H groups in total. The van der Waals surface area contributed by atoms with Crippen molar-refractivity contribution in [1.29, 1.82) is 0 Å². The van der Waals surface area contributed by atoms with Crippen LogP contribution >= 0.6 is 11.6 Å². The van der Waals surface area contributed by atoms with Gasteiger partial charge in [0, 0.05) is 41.2 Å². The molecule has 0 spiro atoms. The number of nitrogens with zero attached hydrogens (tertiary/aromatic N) is 3. The molecule has 1 aromatic carbocycles. The Kier molecular flexibility index (Phi) is 3.35. The smallest absolute Gasteiger partial charge is 0.0944 e. The zero-order chi connectivity index (χ0) is 14.4. The van der Waals surface area contributed by atoms with Gasteiger partial charge in [-0.3, -0.25) is 0 Å². The molecule has 2 bridgehead atoms. The van der Waals surface area contributed by atoms with Gasteiger partial charge in [0.05, 0.1) is 6.67 Å². The fourth-order valence-electron chi connectivity index (χ4n) is 4.15. The molecule has 21 heavy (non-hydrogen) atoms. The summed E-state index contributed by atoms with van der Waals surface area (Å²) < 4.78 is 0. The maximum absolute atomic E-state index is 6.10. The molecule has 0 radical (unpaired) electrons. The Bertz CT molecular complexity index is 545. The minimum absolute atomic E-state index is 0.694. The van der Waals surface area contributed by atoms with Gasteiger partial charge in [0.15, 0.2) is 0 Å². The normalized spacial score (nSPS) is 32.2. The maximum atomic E-state index is 6.10. The van der Waals surface area contributed by atoms with Gasteiger partial charge in [0.1, 0.15) is 0 Å². The summed E-state index contributed by atoms with van der Waals surface area (Å²) >= 11 is 6.10. The van der Waals surface area contributed by atoms with E-state index in [1.165, 1.54) is 31.4 Å². The number of halogens is 1. The van der Waals surface area contributed by atoms with Crippen LogP contribution in [0, 0.1) is 0 Å². The van der Waals surface area contributed by atoms with Crippen LogP contribution in [0.4, 0.5) is 5.69 Å². The molecule has 0 aromatic heterocycles. The van der Waals surface area contributed by atoms with Gasteiger partial charge in [-0.25, -0.2) is 0 Å². The molecular weight excluding hydrogens is 282 g/mol. The van der Waals surface area contributed by atoms with Crippen LogP contribution in [-0.2, 0) is 0 Å². The zero-order valence-corrected chi connectivity index (χ0v) is 13.2. The second kappa shape index (κ2) is 5.22. The topological polar surface area (TPSA) is 9.72 Å². The van der Waals surface area contributed by atoms with Crippen LogP contribution in [0.2, 0.25) is 5.02 Å². The molecule has 2 saturated heterocycles. The molecule has 2 atom stereocenters. The lowest BCUT2D eigenvalue weighted by Gasteiger charge is -2.40. The molecule has 3 aliphatic heterocycles. The Morgan fingerprint density at radius 3 is 2.52 bits per heavy atom. The van der Waals surface area contributed by atoms with E-state index in [9.17, 15) is 0 Å². The van der Waals surface area contributed by atoms with Crippen molar-refractivity contribution in [2.24, 2.45) is 0 Å². The summed E-state index contributed by atoms with van der Waals surface area (Å²) in [6.07, 6.45) is 9.82. The van der Waals surface area contributed by atoms with Gasteiger partial charge in [-0.05, 0) is 50.9 Å². The van der Waals surface area contributed by atoms with Crippen molar-refractivity contribution in [3.63, 3.8) is 0 Å². The summed E-state index contributed by atoms with van der Waals surface area (Å²) in [5.41, 5.74) is 1.18. The molecule has 3 aliphatic rings. The lowest BCUT2D eigenvalue weighted by Crippen LogP contribution is -2.47. The third kappa shape index (κ3) is 2.43. The van der Waals surface area contributed by atoms with E-state index in [-0.39, 0.29) is 0 Å². The first kappa shape index (κ1) is 13.5.